The quantitative estimate of drug-likeness (QED) is 0.789. The average molecular weight is 370 g/mol. The Morgan fingerprint density at radius 2 is 2.12 bits per heavy atom. The van der Waals surface area contributed by atoms with Crippen LogP contribution in [0.3, 0.4) is 0 Å². The number of primary amides is 1. The van der Waals surface area contributed by atoms with Crippen LogP contribution in [0.25, 0.3) is 6.08 Å². The highest BCUT2D eigenvalue weighted by atomic mass is 32.1. The van der Waals surface area contributed by atoms with Crippen molar-refractivity contribution in [3.63, 3.8) is 0 Å². The summed E-state index contributed by atoms with van der Waals surface area (Å²) < 4.78 is 5.27. The SMILES string of the molecule is COc1ccccc1/C=C/C(=O)Nc1sc2c(c1C(N)=O)CC[C@@H](C)C2. The standard InChI is InChI=1S/C20H22N2O3S/c1-12-7-9-14-16(11-12)26-20(18(14)19(21)24)22-17(23)10-8-13-5-3-4-6-15(13)25-2/h3-6,8,10,12H,7,9,11H2,1-2H3,(H2,21,24)(H,22,23)/b10-8+/t12-/m1/s1. The number of rotatable bonds is 5. The Morgan fingerprint density at radius 1 is 1.35 bits per heavy atom. The maximum Gasteiger partial charge on any atom is 0.251 e. The summed E-state index contributed by atoms with van der Waals surface area (Å²) in [4.78, 5) is 25.4. The largest absolute Gasteiger partial charge is 0.496 e. The van der Waals surface area contributed by atoms with Gasteiger partial charge in [0.2, 0.25) is 5.91 Å². The lowest BCUT2D eigenvalue weighted by molar-refractivity contribution is -0.111. The van der Waals surface area contributed by atoms with E-state index in [1.807, 2.05) is 24.3 Å². The Kier molecular flexibility index (Phi) is 5.42. The summed E-state index contributed by atoms with van der Waals surface area (Å²) in [5.41, 5.74) is 7.86. The minimum absolute atomic E-state index is 0.301. The third-order valence-corrected chi connectivity index (χ3v) is 5.72. The number of anilines is 1. The molecule has 0 fully saturated rings. The molecule has 0 saturated carbocycles. The second-order valence-corrected chi connectivity index (χ2v) is 7.59. The van der Waals surface area contributed by atoms with Crippen LogP contribution in [-0.4, -0.2) is 18.9 Å². The topological polar surface area (TPSA) is 81.4 Å². The highest BCUT2D eigenvalue weighted by molar-refractivity contribution is 7.17. The van der Waals surface area contributed by atoms with E-state index in [2.05, 4.69) is 12.2 Å². The lowest BCUT2D eigenvalue weighted by Gasteiger charge is -2.18. The first-order chi connectivity index (χ1) is 12.5. The van der Waals surface area contributed by atoms with Crippen molar-refractivity contribution in [1.82, 2.24) is 0 Å². The number of fused-ring (bicyclic) bond motifs is 1. The fraction of sp³-hybridized carbons (Fsp3) is 0.300. The molecule has 0 saturated heterocycles. The minimum Gasteiger partial charge on any atom is -0.496 e. The Hall–Kier alpha value is -2.60. The van der Waals surface area contributed by atoms with E-state index >= 15 is 0 Å². The summed E-state index contributed by atoms with van der Waals surface area (Å²) in [6, 6.07) is 7.44. The molecule has 3 N–H and O–H groups in total. The van der Waals surface area contributed by atoms with Crippen LogP contribution in [0.1, 0.15) is 39.7 Å². The molecule has 2 amide bonds. The first kappa shape index (κ1) is 18.2. The molecule has 0 bridgehead atoms. The van der Waals surface area contributed by atoms with Crippen molar-refractivity contribution >= 4 is 34.2 Å². The Labute approximate surface area is 156 Å². The van der Waals surface area contributed by atoms with Gasteiger partial charge in [0.25, 0.3) is 5.91 Å². The zero-order valence-electron chi connectivity index (χ0n) is 14.9. The van der Waals surface area contributed by atoms with Crippen LogP contribution in [0.5, 0.6) is 5.75 Å². The molecule has 26 heavy (non-hydrogen) atoms. The summed E-state index contributed by atoms with van der Waals surface area (Å²) in [6.45, 7) is 2.20. The van der Waals surface area contributed by atoms with Gasteiger partial charge in [-0.3, -0.25) is 9.59 Å². The van der Waals surface area contributed by atoms with Crippen LogP contribution in [0.2, 0.25) is 0 Å². The number of amides is 2. The molecule has 1 aliphatic carbocycles. The molecule has 1 aromatic heterocycles. The highest BCUT2D eigenvalue weighted by Crippen LogP contribution is 2.39. The Balaban J connectivity index is 1.81. The molecule has 0 aliphatic heterocycles. The van der Waals surface area contributed by atoms with Crippen molar-refractivity contribution in [3.05, 3.63) is 51.9 Å². The van der Waals surface area contributed by atoms with Gasteiger partial charge in [-0.15, -0.1) is 11.3 Å². The van der Waals surface area contributed by atoms with Crippen molar-refractivity contribution in [2.45, 2.75) is 26.2 Å². The molecule has 1 aliphatic rings. The number of ether oxygens (including phenoxy) is 1. The number of hydrogen-bond acceptors (Lipinski definition) is 4. The number of thiophene rings is 1. The maximum atomic E-state index is 12.4. The summed E-state index contributed by atoms with van der Waals surface area (Å²) in [6.07, 6.45) is 5.91. The molecule has 3 rings (SSSR count). The van der Waals surface area contributed by atoms with E-state index in [1.165, 1.54) is 17.4 Å². The fourth-order valence-electron chi connectivity index (χ4n) is 3.22. The molecule has 136 valence electrons. The normalized spacial score (nSPS) is 16.3. The van der Waals surface area contributed by atoms with Crippen LogP contribution in [0.15, 0.2) is 30.3 Å². The number of nitrogens with one attached hydrogen (secondary N) is 1. The first-order valence-corrected chi connectivity index (χ1v) is 9.37. The molecule has 1 aromatic carbocycles. The van der Waals surface area contributed by atoms with Gasteiger partial charge in [0.05, 0.1) is 12.7 Å². The lowest BCUT2D eigenvalue weighted by Crippen LogP contribution is -2.18. The van der Waals surface area contributed by atoms with Gasteiger partial charge in [-0.1, -0.05) is 25.1 Å². The summed E-state index contributed by atoms with van der Waals surface area (Å²) in [5.74, 6) is 0.483. The van der Waals surface area contributed by atoms with Crippen LogP contribution < -0.4 is 15.8 Å². The van der Waals surface area contributed by atoms with E-state index in [0.717, 1.165) is 35.3 Å². The fourth-order valence-corrected chi connectivity index (χ4v) is 4.64. The summed E-state index contributed by atoms with van der Waals surface area (Å²) in [7, 11) is 1.59. The van der Waals surface area contributed by atoms with Gasteiger partial charge >= 0.3 is 0 Å². The number of hydrogen-bond donors (Lipinski definition) is 2. The number of carbonyl (C=O) groups is 2. The number of nitrogens with two attached hydrogens (primary N) is 1. The van der Waals surface area contributed by atoms with Crippen molar-refractivity contribution in [3.8, 4) is 5.75 Å². The van der Waals surface area contributed by atoms with Gasteiger partial charge in [-0.25, -0.2) is 0 Å². The maximum absolute atomic E-state index is 12.4. The van der Waals surface area contributed by atoms with Gasteiger partial charge in [0, 0.05) is 16.5 Å². The third kappa shape index (κ3) is 3.80. The van der Waals surface area contributed by atoms with E-state index in [1.54, 1.807) is 13.2 Å². The van der Waals surface area contributed by atoms with Crippen molar-refractivity contribution in [2.75, 3.05) is 12.4 Å². The van der Waals surface area contributed by atoms with Crippen molar-refractivity contribution < 1.29 is 14.3 Å². The Bertz CT molecular complexity index is 870. The van der Waals surface area contributed by atoms with E-state index in [-0.39, 0.29) is 5.91 Å². The average Bonchev–Trinajstić information content (AvgIpc) is 2.97. The molecular formula is C20H22N2O3S. The van der Waals surface area contributed by atoms with Crippen LogP contribution in [-0.2, 0) is 17.6 Å². The predicted octanol–water partition coefficient (Wildman–Crippen LogP) is 3.63. The van der Waals surface area contributed by atoms with Gasteiger partial charge in [-0.05, 0) is 42.9 Å². The lowest BCUT2D eigenvalue weighted by atomic mass is 9.88. The third-order valence-electron chi connectivity index (χ3n) is 4.55. The number of benzene rings is 1. The number of methoxy groups -OCH3 is 1. The second kappa shape index (κ2) is 7.74. The summed E-state index contributed by atoms with van der Waals surface area (Å²) >= 11 is 1.46. The molecule has 2 aromatic rings. The van der Waals surface area contributed by atoms with Gasteiger partial charge in [0.15, 0.2) is 0 Å². The molecule has 0 unspecified atom stereocenters. The number of carbonyl (C=O) groups excluding carboxylic acids is 2. The first-order valence-electron chi connectivity index (χ1n) is 8.56. The molecule has 1 atom stereocenters. The molecule has 5 nitrogen and oxygen atoms in total. The minimum atomic E-state index is -0.485. The summed E-state index contributed by atoms with van der Waals surface area (Å²) in [5, 5.41) is 3.37. The van der Waals surface area contributed by atoms with Crippen LogP contribution in [0.4, 0.5) is 5.00 Å². The van der Waals surface area contributed by atoms with E-state index in [4.69, 9.17) is 10.5 Å². The smallest absolute Gasteiger partial charge is 0.251 e. The second-order valence-electron chi connectivity index (χ2n) is 6.48. The highest BCUT2D eigenvalue weighted by Gasteiger charge is 2.26. The Morgan fingerprint density at radius 3 is 2.85 bits per heavy atom. The molecule has 0 spiro atoms. The number of para-hydroxylation sites is 1. The van der Waals surface area contributed by atoms with Crippen LogP contribution in [0, 0.1) is 5.92 Å². The molecule has 1 heterocycles. The van der Waals surface area contributed by atoms with E-state index < -0.39 is 5.91 Å². The predicted molar refractivity (Wildman–Crippen MR) is 105 cm³/mol. The van der Waals surface area contributed by atoms with Crippen molar-refractivity contribution in [2.24, 2.45) is 11.7 Å². The van der Waals surface area contributed by atoms with E-state index in [9.17, 15) is 9.59 Å². The zero-order valence-corrected chi connectivity index (χ0v) is 15.7. The molecule has 6 heteroatoms. The van der Waals surface area contributed by atoms with E-state index in [0.29, 0.717) is 22.2 Å². The van der Waals surface area contributed by atoms with Gasteiger partial charge in [0.1, 0.15) is 10.8 Å². The molecule has 0 radical (unpaired) electrons. The van der Waals surface area contributed by atoms with Crippen LogP contribution >= 0.6 is 11.3 Å². The van der Waals surface area contributed by atoms with Crippen molar-refractivity contribution in [1.29, 1.82) is 0 Å². The van der Waals surface area contributed by atoms with Gasteiger partial charge in [-0.2, -0.15) is 0 Å². The van der Waals surface area contributed by atoms with Gasteiger partial charge < -0.3 is 15.8 Å². The monoisotopic (exact) mass is 370 g/mol. The zero-order chi connectivity index (χ0) is 18.7. The molecular weight excluding hydrogens is 348 g/mol.